The van der Waals surface area contributed by atoms with Crippen molar-refractivity contribution in [3.63, 3.8) is 0 Å². The lowest BCUT2D eigenvalue weighted by Crippen LogP contribution is -2.52. The summed E-state index contributed by atoms with van der Waals surface area (Å²) in [5, 5.41) is 5.95. The van der Waals surface area contributed by atoms with Crippen LogP contribution in [0.1, 0.15) is 63.9 Å². The summed E-state index contributed by atoms with van der Waals surface area (Å²) in [5.41, 5.74) is 0. The van der Waals surface area contributed by atoms with Crippen molar-refractivity contribution in [1.82, 2.24) is 15.2 Å². The average Bonchev–Trinajstić information content (AvgIpc) is 3.05. The summed E-state index contributed by atoms with van der Waals surface area (Å²) in [4.78, 5) is 31.2. The van der Waals surface area contributed by atoms with Crippen molar-refractivity contribution in [2.45, 2.75) is 65.0 Å². The van der Waals surface area contributed by atoms with Gasteiger partial charge in [0.2, 0.25) is 11.8 Å². The number of hydrogen-bond acceptors (Lipinski definition) is 4. The number of carbonyl (C=O) groups is 2. The first kappa shape index (κ1) is 17.9. The van der Waals surface area contributed by atoms with Gasteiger partial charge in [-0.1, -0.05) is 20.8 Å². The van der Waals surface area contributed by atoms with E-state index in [0.29, 0.717) is 25.3 Å². The predicted molar refractivity (Wildman–Crippen MR) is 92.1 cm³/mol. The smallest absolute Gasteiger partial charge is 0.243 e. The minimum absolute atomic E-state index is 0.0454. The molecule has 0 spiro atoms. The van der Waals surface area contributed by atoms with E-state index in [2.05, 4.69) is 24.1 Å². The lowest BCUT2D eigenvalue weighted by Gasteiger charge is -2.35. The molecule has 6 heteroatoms. The van der Waals surface area contributed by atoms with Gasteiger partial charge in [0.1, 0.15) is 11.0 Å². The molecule has 0 saturated carbocycles. The van der Waals surface area contributed by atoms with E-state index in [-0.39, 0.29) is 23.9 Å². The Morgan fingerprint density at radius 3 is 2.78 bits per heavy atom. The van der Waals surface area contributed by atoms with E-state index in [1.807, 2.05) is 12.3 Å². The van der Waals surface area contributed by atoms with E-state index in [9.17, 15) is 9.59 Å². The Hall–Kier alpha value is -1.43. The summed E-state index contributed by atoms with van der Waals surface area (Å²) < 4.78 is 0. The van der Waals surface area contributed by atoms with Crippen LogP contribution >= 0.6 is 11.3 Å². The monoisotopic (exact) mass is 337 g/mol. The number of amides is 2. The summed E-state index contributed by atoms with van der Waals surface area (Å²) >= 11 is 1.55. The zero-order chi connectivity index (χ0) is 16.8. The topological polar surface area (TPSA) is 62.3 Å². The number of piperidine rings is 1. The molecule has 1 fully saturated rings. The third-order valence-electron chi connectivity index (χ3n) is 4.21. The molecule has 2 atom stereocenters. The third-order valence-corrected chi connectivity index (χ3v) is 5.10. The highest BCUT2D eigenvalue weighted by Crippen LogP contribution is 2.22. The fourth-order valence-electron chi connectivity index (χ4n) is 2.99. The summed E-state index contributed by atoms with van der Waals surface area (Å²) in [6.07, 6.45) is 5.73. The van der Waals surface area contributed by atoms with Crippen LogP contribution in [0.3, 0.4) is 0 Å². The molecule has 0 unspecified atom stereocenters. The third kappa shape index (κ3) is 4.77. The van der Waals surface area contributed by atoms with Gasteiger partial charge in [-0.25, -0.2) is 4.98 Å². The first-order valence-corrected chi connectivity index (χ1v) is 9.40. The van der Waals surface area contributed by atoms with E-state index in [1.54, 1.807) is 22.4 Å². The number of aromatic nitrogens is 1. The molecule has 2 rings (SSSR count). The van der Waals surface area contributed by atoms with Crippen molar-refractivity contribution in [3.8, 4) is 0 Å². The van der Waals surface area contributed by atoms with Crippen LogP contribution in [-0.2, 0) is 9.59 Å². The van der Waals surface area contributed by atoms with E-state index in [4.69, 9.17) is 0 Å². The van der Waals surface area contributed by atoms with Gasteiger partial charge in [0, 0.05) is 24.5 Å². The van der Waals surface area contributed by atoms with Crippen LogP contribution in [0.15, 0.2) is 11.6 Å². The molecule has 1 aromatic heterocycles. The van der Waals surface area contributed by atoms with Crippen molar-refractivity contribution in [3.05, 3.63) is 16.6 Å². The van der Waals surface area contributed by atoms with Crippen molar-refractivity contribution < 1.29 is 9.59 Å². The van der Waals surface area contributed by atoms with Crippen molar-refractivity contribution >= 4 is 23.2 Å². The first-order chi connectivity index (χ1) is 11.0. The first-order valence-electron chi connectivity index (χ1n) is 8.52. The number of likely N-dealkylation sites (tertiary alicyclic amines) is 1. The molecule has 128 valence electrons. The molecule has 0 bridgehead atoms. The van der Waals surface area contributed by atoms with Crippen molar-refractivity contribution in [2.24, 2.45) is 5.92 Å². The van der Waals surface area contributed by atoms with E-state index in [0.717, 1.165) is 24.3 Å². The minimum atomic E-state index is -0.364. The maximum atomic E-state index is 12.9. The largest absolute Gasteiger partial charge is 0.345 e. The summed E-state index contributed by atoms with van der Waals surface area (Å²) in [5.74, 6) is 0.427. The molecule has 0 radical (unpaired) electrons. The van der Waals surface area contributed by atoms with Crippen molar-refractivity contribution in [2.75, 3.05) is 6.54 Å². The van der Waals surface area contributed by atoms with Gasteiger partial charge in [-0.05, 0) is 31.6 Å². The summed E-state index contributed by atoms with van der Waals surface area (Å²) in [6.45, 7) is 6.91. The zero-order valence-corrected chi connectivity index (χ0v) is 15.1. The van der Waals surface area contributed by atoms with E-state index < -0.39 is 0 Å². The van der Waals surface area contributed by atoms with Gasteiger partial charge in [0.05, 0.1) is 6.04 Å². The molecule has 2 heterocycles. The predicted octanol–water partition coefficient (Wildman–Crippen LogP) is 3.14. The fraction of sp³-hybridized carbons (Fsp3) is 0.706. The Bertz CT molecular complexity index is 516. The van der Waals surface area contributed by atoms with Gasteiger partial charge in [-0.15, -0.1) is 11.3 Å². The highest BCUT2D eigenvalue weighted by Gasteiger charge is 2.33. The Morgan fingerprint density at radius 2 is 2.22 bits per heavy atom. The van der Waals surface area contributed by atoms with Gasteiger partial charge in [-0.2, -0.15) is 0 Å². The van der Waals surface area contributed by atoms with Gasteiger partial charge >= 0.3 is 0 Å². The lowest BCUT2D eigenvalue weighted by atomic mass is 9.98. The highest BCUT2D eigenvalue weighted by atomic mass is 32.1. The number of hydrogen-bond donors (Lipinski definition) is 1. The molecule has 23 heavy (non-hydrogen) atoms. The number of nitrogens with one attached hydrogen (secondary N) is 1. The van der Waals surface area contributed by atoms with Crippen LogP contribution < -0.4 is 5.32 Å². The molecule has 0 aliphatic carbocycles. The maximum Gasteiger partial charge on any atom is 0.243 e. The van der Waals surface area contributed by atoms with Crippen LogP contribution in [0.5, 0.6) is 0 Å². The van der Waals surface area contributed by atoms with Crippen LogP contribution in [0.4, 0.5) is 0 Å². The van der Waals surface area contributed by atoms with Gasteiger partial charge < -0.3 is 10.2 Å². The second kappa shape index (κ2) is 8.43. The molecule has 0 aromatic carbocycles. The molecule has 5 nitrogen and oxygen atoms in total. The number of carbonyl (C=O) groups excluding carboxylic acids is 2. The lowest BCUT2D eigenvalue weighted by molar-refractivity contribution is -0.143. The van der Waals surface area contributed by atoms with E-state index >= 15 is 0 Å². The second-order valence-electron chi connectivity index (χ2n) is 6.53. The Kier molecular flexibility index (Phi) is 6.57. The molecule has 1 N–H and O–H groups in total. The quantitative estimate of drug-likeness (QED) is 0.831. The Morgan fingerprint density at radius 1 is 1.43 bits per heavy atom. The second-order valence-corrected chi connectivity index (χ2v) is 7.46. The normalized spacial score (nSPS) is 18.1. The molecular formula is C17H27N3O2S. The van der Waals surface area contributed by atoms with E-state index in [1.165, 1.54) is 0 Å². The van der Waals surface area contributed by atoms with Gasteiger partial charge in [-0.3, -0.25) is 9.59 Å². The molecular weight excluding hydrogens is 310 g/mol. The molecule has 1 aliphatic heterocycles. The maximum absolute atomic E-state index is 12.9. The molecule has 1 aliphatic rings. The number of rotatable bonds is 7. The highest BCUT2D eigenvalue weighted by molar-refractivity contribution is 7.09. The fourth-order valence-corrected chi connectivity index (χ4v) is 3.76. The molecule has 1 saturated heterocycles. The summed E-state index contributed by atoms with van der Waals surface area (Å²) in [7, 11) is 0. The van der Waals surface area contributed by atoms with Crippen LogP contribution in [0.25, 0.3) is 0 Å². The number of thiazole rings is 1. The van der Waals surface area contributed by atoms with Crippen LogP contribution in [-0.4, -0.2) is 34.3 Å². The van der Waals surface area contributed by atoms with Crippen LogP contribution in [0.2, 0.25) is 0 Å². The van der Waals surface area contributed by atoms with Gasteiger partial charge in [0.15, 0.2) is 0 Å². The summed E-state index contributed by atoms with van der Waals surface area (Å²) in [6, 6.07) is -0.436. The minimum Gasteiger partial charge on any atom is -0.345 e. The average molecular weight is 337 g/mol. The zero-order valence-electron chi connectivity index (χ0n) is 14.2. The molecule has 2 amide bonds. The standard InChI is InChI=1S/C17H27N3O2S/c1-4-13(17-18-8-10-23-17)19-16(22)14(11-12(2)3)20-9-6-5-7-15(20)21/h8,10,12-14H,4-7,9,11H2,1-3H3,(H,19,22)/t13-,14-/m1/s1. The molecule has 1 aromatic rings. The van der Waals surface area contributed by atoms with Crippen molar-refractivity contribution in [1.29, 1.82) is 0 Å². The Balaban J connectivity index is 2.10. The van der Waals surface area contributed by atoms with Crippen LogP contribution in [0, 0.1) is 5.92 Å². The Labute approximate surface area is 142 Å². The SMILES string of the molecule is CC[C@@H](NC(=O)[C@@H](CC(C)C)N1CCCCC1=O)c1nccs1. The van der Waals surface area contributed by atoms with Gasteiger partial charge in [0.25, 0.3) is 0 Å². The number of nitrogens with zero attached hydrogens (tertiary/aromatic N) is 2.